The number of thiophene rings is 1. The Hall–Kier alpha value is -3.04. The Bertz CT molecular complexity index is 1010. The average Bonchev–Trinajstić information content (AvgIpc) is 3.42. The summed E-state index contributed by atoms with van der Waals surface area (Å²) in [4.78, 5) is 51.7. The maximum Gasteiger partial charge on any atom is 0.252 e. The van der Waals surface area contributed by atoms with Gasteiger partial charge in [-0.2, -0.15) is 11.3 Å². The van der Waals surface area contributed by atoms with Gasteiger partial charge in [-0.1, -0.05) is 44.2 Å². The van der Waals surface area contributed by atoms with E-state index in [0.29, 0.717) is 18.4 Å². The lowest BCUT2D eigenvalue weighted by Crippen LogP contribution is -2.56. The molecule has 0 radical (unpaired) electrons. The van der Waals surface area contributed by atoms with Crippen LogP contribution in [0.2, 0.25) is 0 Å². The van der Waals surface area contributed by atoms with Gasteiger partial charge in [0.2, 0.25) is 11.8 Å². The number of rotatable bonds is 9. The van der Waals surface area contributed by atoms with Crippen LogP contribution in [0.1, 0.15) is 36.2 Å². The maximum absolute atomic E-state index is 13.5. The van der Waals surface area contributed by atoms with Gasteiger partial charge in [-0.05, 0) is 35.3 Å². The van der Waals surface area contributed by atoms with Crippen LogP contribution in [0.25, 0.3) is 0 Å². The summed E-state index contributed by atoms with van der Waals surface area (Å²) < 4.78 is 5.21. The van der Waals surface area contributed by atoms with E-state index in [9.17, 15) is 19.2 Å². The fraction of sp³-hybridized carbons (Fsp3) is 0.417. The second-order valence-corrected chi connectivity index (χ2v) is 9.84. The van der Waals surface area contributed by atoms with E-state index in [-0.39, 0.29) is 17.9 Å². The fourth-order valence-electron chi connectivity index (χ4n) is 4.17. The number of amides is 3. The van der Waals surface area contributed by atoms with Crippen molar-refractivity contribution in [2.75, 3.05) is 13.7 Å². The van der Waals surface area contributed by atoms with Gasteiger partial charge < -0.3 is 20.7 Å². The quantitative estimate of drug-likeness (QED) is 0.578. The number of ketones is 1. The van der Waals surface area contributed by atoms with Crippen LogP contribution < -0.4 is 11.1 Å². The summed E-state index contributed by atoms with van der Waals surface area (Å²) in [6.45, 7) is 3.75. The number of nitrogens with one attached hydrogen (secondary N) is 1. The third-order valence-corrected chi connectivity index (χ3v) is 6.42. The maximum atomic E-state index is 13.5. The van der Waals surface area contributed by atoms with Crippen molar-refractivity contribution in [2.45, 2.75) is 44.9 Å². The second-order valence-electron chi connectivity index (χ2n) is 9.06. The van der Waals surface area contributed by atoms with Gasteiger partial charge in [-0.3, -0.25) is 19.2 Å². The molecule has 0 bridgehead atoms. The first kappa shape index (κ1) is 24.6. The van der Waals surface area contributed by atoms with Gasteiger partial charge in [0.25, 0.3) is 5.91 Å². The number of ether oxygens (including phenoxy) is 1. The molecule has 2 aromatic rings. The van der Waals surface area contributed by atoms with Gasteiger partial charge >= 0.3 is 0 Å². The van der Waals surface area contributed by atoms with E-state index in [1.165, 1.54) is 23.3 Å². The van der Waals surface area contributed by atoms with Crippen molar-refractivity contribution in [3.05, 3.63) is 58.3 Å². The Morgan fingerprint density at radius 1 is 1.24 bits per heavy atom. The summed E-state index contributed by atoms with van der Waals surface area (Å²) in [7, 11) is 1.43. The molecule has 3 rings (SSSR count). The lowest BCUT2D eigenvalue weighted by atomic mass is 9.79. The van der Waals surface area contributed by atoms with E-state index in [0.717, 1.165) is 5.56 Å². The van der Waals surface area contributed by atoms with Crippen LogP contribution in [0.4, 0.5) is 0 Å². The summed E-state index contributed by atoms with van der Waals surface area (Å²) in [5.41, 5.74) is 6.58. The molecule has 33 heavy (non-hydrogen) atoms. The molecule has 1 aromatic carbocycles. The predicted octanol–water partition coefficient (Wildman–Crippen LogP) is 1.79. The average molecular weight is 472 g/mol. The molecular weight excluding hydrogens is 442 g/mol. The molecule has 3 amide bonds. The zero-order chi connectivity index (χ0) is 24.2. The zero-order valence-corrected chi connectivity index (χ0v) is 19.8. The van der Waals surface area contributed by atoms with E-state index in [2.05, 4.69) is 5.32 Å². The number of primary amides is 1. The summed E-state index contributed by atoms with van der Waals surface area (Å²) in [6.07, 6.45) is -0.202. The van der Waals surface area contributed by atoms with Crippen LogP contribution in [0, 0.1) is 5.41 Å². The number of benzene rings is 1. The van der Waals surface area contributed by atoms with Gasteiger partial charge in [0, 0.05) is 12.4 Å². The van der Waals surface area contributed by atoms with Gasteiger partial charge in [0.1, 0.15) is 18.7 Å². The first-order valence-electron chi connectivity index (χ1n) is 10.7. The predicted molar refractivity (Wildman–Crippen MR) is 125 cm³/mol. The third kappa shape index (κ3) is 6.06. The molecular formula is C24H29N3O5S. The summed E-state index contributed by atoms with van der Waals surface area (Å²) in [6, 6.07) is 9.52. The van der Waals surface area contributed by atoms with Crippen LogP contribution in [-0.4, -0.2) is 60.2 Å². The molecule has 2 unspecified atom stereocenters. The number of nitrogens with zero attached hydrogens (tertiary/aromatic N) is 1. The molecule has 2 heterocycles. The zero-order valence-electron chi connectivity index (χ0n) is 18.9. The van der Waals surface area contributed by atoms with E-state index in [4.69, 9.17) is 10.5 Å². The van der Waals surface area contributed by atoms with Gasteiger partial charge in [0.05, 0.1) is 5.56 Å². The van der Waals surface area contributed by atoms with E-state index in [1.807, 2.05) is 44.2 Å². The second kappa shape index (κ2) is 10.3. The van der Waals surface area contributed by atoms with Crippen LogP contribution in [0.3, 0.4) is 0 Å². The van der Waals surface area contributed by atoms with Gasteiger partial charge in [0.15, 0.2) is 11.9 Å². The SMILES string of the molecule is CN(C(=O)[C@H](CC(C)(C)Cc1ccccc1)NC(=O)c1ccsc1)C1C(=O)COC1C(N)=O. The van der Waals surface area contributed by atoms with Crippen LogP contribution in [-0.2, 0) is 25.5 Å². The third-order valence-electron chi connectivity index (χ3n) is 5.74. The highest BCUT2D eigenvalue weighted by Gasteiger charge is 2.45. The molecule has 1 aromatic heterocycles. The monoisotopic (exact) mass is 471 g/mol. The number of hydrogen-bond acceptors (Lipinski definition) is 6. The number of carbonyl (C=O) groups is 4. The Kier molecular flexibility index (Phi) is 7.65. The summed E-state index contributed by atoms with van der Waals surface area (Å²) >= 11 is 1.38. The van der Waals surface area contributed by atoms with Crippen LogP contribution >= 0.6 is 11.3 Å². The molecule has 1 aliphatic rings. The Morgan fingerprint density at radius 2 is 1.94 bits per heavy atom. The molecule has 1 aliphatic heterocycles. The van der Waals surface area contributed by atoms with Crippen molar-refractivity contribution in [3.8, 4) is 0 Å². The number of Topliss-reactive ketones (excluding diaryl/α,β-unsaturated/α-hetero) is 1. The van der Waals surface area contributed by atoms with Crippen molar-refractivity contribution in [1.29, 1.82) is 0 Å². The molecule has 0 saturated carbocycles. The van der Waals surface area contributed by atoms with Crippen molar-refractivity contribution in [2.24, 2.45) is 11.1 Å². The highest BCUT2D eigenvalue weighted by Crippen LogP contribution is 2.29. The number of hydrogen-bond donors (Lipinski definition) is 2. The molecule has 9 heteroatoms. The molecule has 8 nitrogen and oxygen atoms in total. The van der Waals surface area contributed by atoms with Crippen molar-refractivity contribution in [1.82, 2.24) is 10.2 Å². The number of likely N-dealkylation sites (N-methyl/N-ethyl adjacent to an activating group) is 1. The Labute approximate surface area is 197 Å². The normalized spacial score (nSPS) is 19.2. The van der Waals surface area contributed by atoms with Crippen LogP contribution in [0.5, 0.6) is 0 Å². The highest BCUT2D eigenvalue weighted by atomic mass is 32.1. The smallest absolute Gasteiger partial charge is 0.252 e. The van der Waals surface area contributed by atoms with Gasteiger partial charge in [-0.15, -0.1) is 0 Å². The summed E-state index contributed by atoms with van der Waals surface area (Å²) in [5.74, 6) is -2.07. The van der Waals surface area contributed by atoms with E-state index >= 15 is 0 Å². The summed E-state index contributed by atoms with van der Waals surface area (Å²) in [5, 5.41) is 6.32. The van der Waals surface area contributed by atoms with Crippen LogP contribution in [0.15, 0.2) is 47.2 Å². The standard InChI is InChI=1S/C24H29N3O5S/c1-24(2,11-15-7-5-4-6-8-15)12-17(26-22(30)16-9-10-33-14-16)23(31)27(3)19-18(28)13-32-20(19)21(25)29/h4-10,14,17,19-20H,11-13H2,1-3H3,(H2,25,29)(H,26,30)/t17-,19?,20?/m0/s1. The molecule has 176 valence electrons. The number of carbonyl (C=O) groups excluding carboxylic acids is 4. The largest absolute Gasteiger partial charge is 0.367 e. The molecule has 1 saturated heterocycles. The molecule has 3 atom stereocenters. The fourth-order valence-corrected chi connectivity index (χ4v) is 4.80. The highest BCUT2D eigenvalue weighted by molar-refractivity contribution is 7.08. The minimum absolute atomic E-state index is 0.290. The van der Waals surface area contributed by atoms with Crippen molar-refractivity contribution >= 4 is 34.8 Å². The first-order chi connectivity index (χ1) is 15.6. The lowest BCUT2D eigenvalue weighted by molar-refractivity contribution is -0.141. The minimum atomic E-state index is -1.21. The molecule has 0 aliphatic carbocycles. The molecule has 0 spiro atoms. The van der Waals surface area contributed by atoms with E-state index < -0.39 is 35.8 Å². The molecule has 3 N–H and O–H groups in total. The Morgan fingerprint density at radius 3 is 2.55 bits per heavy atom. The van der Waals surface area contributed by atoms with Crippen molar-refractivity contribution in [3.63, 3.8) is 0 Å². The lowest BCUT2D eigenvalue weighted by Gasteiger charge is -2.34. The molecule has 1 fully saturated rings. The number of nitrogens with two attached hydrogens (primary N) is 1. The topological polar surface area (TPSA) is 119 Å². The van der Waals surface area contributed by atoms with Crippen molar-refractivity contribution < 1.29 is 23.9 Å². The first-order valence-corrected chi connectivity index (χ1v) is 11.6. The Balaban J connectivity index is 1.84. The van der Waals surface area contributed by atoms with E-state index in [1.54, 1.807) is 16.8 Å². The van der Waals surface area contributed by atoms with Gasteiger partial charge in [-0.25, -0.2) is 0 Å². The minimum Gasteiger partial charge on any atom is -0.367 e.